The van der Waals surface area contributed by atoms with E-state index in [-0.39, 0.29) is 5.56 Å². The average molecular weight is 242 g/mol. The highest BCUT2D eigenvalue weighted by Crippen LogP contribution is 2.25. The summed E-state index contributed by atoms with van der Waals surface area (Å²) in [6.45, 7) is 1.44. The van der Waals surface area contributed by atoms with E-state index in [1.165, 1.54) is 23.4 Å². The number of hydrogen-bond acceptors (Lipinski definition) is 3. The van der Waals surface area contributed by atoms with Crippen molar-refractivity contribution >= 4 is 0 Å². The van der Waals surface area contributed by atoms with E-state index < -0.39 is 0 Å². The number of aromatic nitrogens is 2. The molecule has 92 valence electrons. The summed E-state index contributed by atoms with van der Waals surface area (Å²) < 4.78 is 7.10. The molecule has 1 aromatic carbocycles. The molecule has 0 bridgehead atoms. The maximum atomic E-state index is 11.5. The SMILES string of the molecule is O=c1ccncn1CCc1ccc2c(c1)CCO2. The largest absolute Gasteiger partial charge is 0.493 e. The minimum atomic E-state index is -0.00510. The first-order valence-corrected chi connectivity index (χ1v) is 6.08. The Morgan fingerprint density at radius 2 is 2.28 bits per heavy atom. The Bertz CT molecular complexity index is 619. The van der Waals surface area contributed by atoms with Gasteiger partial charge in [0.2, 0.25) is 0 Å². The molecular weight excluding hydrogens is 228 g/mol. The highest BCUT2D eigenvalue weighted by atomic mass is 16.5. The third-order valence-corrected chi connectivity index (χ3v) is 3.19. The summed E-state index contributed by atoms with van der Waals surface area (Å²) >= 11 is 0. The van der Waals surface area contributed by atoms with Crippen molar-refractivity contribution in [3.63, 3.8) is 0 Å². The van der Waals surface area contributed by atoms with Crippen LogP contribution in [0.5, 0.6) is 5.75 Å². The first-order valence-electron chi connectivity index (χ1n) is 6.08. The molecule has 0 amide bonds. The number of nitrogens with zero attached hydrogens (tertiary/aromatic N) is 2. The lowest BCUT2D eigenvalue weighted by atomic mass is 10.1. The van der Waals surface area contributed by atoms with Crippen molar-refractivity contribution in [1.29, 1.82) is 0 Å². The second-order valence-corrected chi connectivity index (χ2v) is 4.40. The second-order valence-electron chi connectivity index (χ2n) is 4.40. The lowest BCUT2D eigenvalue weighted by molar-refractivity contribution is 0.357. The fourth-order valence-corrected chi connectivity index (χ4v) is 2.19. The first-order chi connectivity index (χ1) is 8.83. The summed E-state index contributed by atoms with van der Waals surface area (Å²) in [6.07, 6.45) is 4.92. The topological polar surface area (TPSA) is 44.1 Å². The summed E-state index contributed by atoms with van der Waals surface area (Å²) in [5, 5.41) is 0. The summed E-state index contributed by atoms with van der Waals surface area (Å²) in [5.41, 5.74) is 2.50. The van der Waals surface area contributed by atoms with E-state index in [1.54, 1.807) is 10.9 Å². The van der Waals surface area contributed by atoms with Gasteiger partial charge in [0.05, 0.1) is 12.9 Å². The molecule has 1 aromatic heterocycles. The van der Waals surface area contributed by atoms with Gasteiger partial charge in [0.25, 0.3) is 5.56 Å². The molecule has 0 spiro atoms. The molecule has 1 aliphatic heterocycles. The zero-order valence-electron chi connectivity index (χ0n) is 10.0. The minimum absolute atomic E-state index is 0.00510. The van der Waals surface area contributed by atoms with Crippen LogP contribution in [0.3, 0.4) is 0 Å². The highest BCUT2D eigenvalue weighted by Gasteiger charge is 2.11. The van der Waals surface area contributed by atoms with E-state index in [2.05, 4.69) is 17.1 Å². The molecule has 3 rings (SSSR count). The Morgan fingerprint density at radius 3 is 3.17 bits per heavy atom. The van der Waals surface area contributed by atoms with E-state index in [9.17, 15) is 4.79 Å². The maximum absolute atomic E-state index is 11.5. The third-order valence-electron chi connectivity index (χ3n) is 3.19. The normalized spacial score (nSPS) is 13.1. The Balaban J connectivity index is 1.74. The molecule has 2 aromatic rings. The number of aryl methyl sites for hydroxylation is 2. The van der Waals surface area contributed by atoms with Crippen LogP contribution < -0.4 is 10.3 Å². The van der Waals surface area contributed by atoms with Crippen LogP contribution in [0.1, 0.15) is 11.1 Å². The van der Waals surface area contributed by atoms with Crippen molar-refractivity contribution in [3.8, 4) is 5.75 Å². The molecule has 0 saturated carbocycles. The van der Waals surface area contributed by atoms with E-state index >= 15 is 0 Å². The van der Waals surface area contributed by atoms with Crippen LogP contribution in [-0.4, -0.2) is 16.2 Å². The number of benzene rings is 1. The average Bonchev–Trinajstić information content (AvgIpc) is 2.85. The van der Waals surface area contributed by atoms with Crippen LogP contribution in [0, 0.1) is 0 Å². The smallest absolute Gasteiger partial charge is 0.253 e. The Labute approximate surface area is 105 Å². The van der Waals surface area contributed by atoms with E-state index in [0.29, 0.717) is 6.54 Å². The fraction of sp³-hybridized carbons (Fsp3) is 0.286. The van der Waals surface area contributed by atoms with Crippen molar-refractivity contribution < 1.29 is 4.74 Å². The molecule has 0 unspecified atom stereocenters. The van der Waals surface area contributed by atoms with E-state index in [0.717, 1.165) is 25.2 Å². The number of rotatable bonds is 3. The van der Waals surface area contributed by atoms with Crippen LogP contribution >= 0.6 is 0 Å². The molecule has 0 N–H and O–H groups in total. The van der Waals surface area contributed by atoms with Crippen LogP contribution in [0.25, 0.3) is 0 Å². The summed E-state index contributed by atoms with van der Waals surface area (Å²) in [5.74, 6) is 0.997. The molecular formula is C14H14N2O2. The molecule has 0 aliphatic carbocycles. The Kier molecular flexibility index (Phi) is 2.84. The second kappa shape index (κ2) is 4.64. The van der Waals surface area contributed by atoms with E-state index in [4.69, 9.17) is 4.74 Å². The van der Waals surface area contributed by atoms with Crippen LogP contribution in [0.2, 0.25) is 0 Å². The van der Waals surface area contributed by atoms with Crippen molar-refractivity contribution in [2.24, 2.45) is 0 Å². The lowest BCUT2D eigenvalue weighted by Gasteiger charge is -2.06. The maximum Gasteiger partial charge on any atom is 0.253 e. The monoisotopic (exact) mass is 242 g/mol. The first kappa shape index (κ1) is 11.0. The van der Waals surface area contributed by atoms with Gasteiger partial charge in [-0.2, -0.15) is 0 Å². The zero-order chi connectivity index (χ0) is 12.4. The molecule has 0 saturated heterocycles. The Hall–Kier alpha value is -2.10. The van der Waals surface area contributed by atoms with Gasteiger partial charge >= 0.3 is 0 Å². The summed E-state index contributed by atoms with van der Waals surface area (Å²) in [7, 11) is 0. The van der Waals surface area contributed by atoms with Gasteiger partial charge in [-0.05, 0) is 23.6 Å². The van der Waals surface area contributed by atoms with Crippen molar-refractivity contribution in [3.05, 3.63) is 58.3 Å². The van der Waals surface area contributed by atoms with E-state index in [1.807, 2.05) is 6.07 Å². The fourth-order valence-electron chi connectivity index (χ4n) is 2.19. The van der Waals surface area contributed by atoms with Crippen molar-refractivity contribution in [2.45, 2.75) is 19.4 Å². The third kappa shape index (κ3) is 2.14. The van der Waals surface area contributed by atoms with Gasteiger partial charge in [-0.1, -0.05) is 12.1 Å². The van der Waals surface area contributed by atoms with Crippen LogP contribution in [-0.2, 0) is 19.4 Å². The van der Waals surface area contributed by atoms with Gasteiger partial charge in [0.15, 0.2) is 0 Å². The highest BCUT2D eigenvalue weighted by molar-refractivity contribution is 5.39. The lowest BCUT2D eigenvalue weighted by Crippen LogP contribution is -2.19. The van der Waals surface area contributed by atoms with Gasteiger partial charge in [0.1, 0.15) is 5.75 Å². The summed E-state index contributed by atoms with van der Waals surface area (Å²) in [6, 6.07) is 7.73. The molecule has 0 fully saturated rings. The van der Waals surface area contributed by atoms with Gasteiger partial charge in [-0.15, -0.1) is 0 Å². The van der Waals surface area contributed by atoms with Crippen molar-refractivity contribution in [2.75, 3.05) is 6.61 Å². The zero-order valence-corrected chi connectivity index (χ0v) is 10.0. The molecule has 2 heterocycles. The Morgan fingerprint density at radius 1 is 1.33 bits per heavy atom. The quantitative estimate of drug-likeness (QED) is 0.817. The number of fused-ring (bicyclic) bond motifs is 1. The van der Waals surface area contributed by atoms with Gasteiger partial charge in [0, 0.05) is 25.2 Å². The van der Waals surface area contributed by atoms with Gasteiger partial charge < -0.3 is 4.74 Å². The van der Waals surface area contributed by atoms with Crippen molar-refractivity contribution in [1.82, 2.24) is 9.55 Å². The predicted octanol–water partition coefficient (Wildman–Crippen LogP) is 1.42. The van der Waals surface area contributed by atoms with Crippen LogP contribution in [0.15, 0.2) is 41.6 Å². The summed E-state index contributed by atoms with van der Waals surface area (Å²) in [4.78, 5) is 15.5. The standard InChI is InChI=1S/C14H14N2O2/c17-14-3-6-15-10-16(14)7-4-11-1-2-13-12(9-11)5-8-18-13/h1-3,6,9-10H,4-5,7-8H2. The number of ether oxygens (including phenoxy) is 1. The predicted molar refractivity (Wildman–Crippen MR) is 67.8 cm³/mol. The van der Waals surface area contributed by atoms with Gasteiger partial charge in [-0.25, -0.2) is 4.98 Å². The minimum Gasteiger partial charge on any atom is -0.493 e. The van der Waals surface area contributed by atoms with Crippen LogP contribution in [0.4, 0.5) is 0 Å². The molecule has 0 atom stereocenters. The molecule has 1 aliphatic rings. The molecule has 0 radical (unpaired) electrons. The van der Waals surface area contributed by atoms with Gasteiger partial charge in [-0.3, -0.25) is 9.36 Å². The molecule has 18 heavy (non-hydrogen) atoms. The number of hydrogen-bond donors (Lipinski definition) is 0. The molecule has 4 nitrogen and oxygen atoms in total. The molecule has 4 heteroatoms.